The Hall–Kier alpha value is -5.22. The van der Waals surface area contributed by atoms with Gasteiger partial charge in [0.05, 0.1) is 11.4 Å². The largest absolute Gasteiger partial charge is 0.507 e. The first-order chi connectivity index (χ1) is 22.7. The van der Waals surface area contributed by atoms with Crippen molar-refractivity contribution in [2.75, 3.05) is 0 Å². The summed E-state index contributed by atoms with van der Waals surface area (Å²) in [5, 5.41) is 26.4. The zero-order valence-corrected chi connectivity index (χ0v) is 29.2. The summed E-state index contributed by atoms with van der Waals surface area (Å²) in [6.45, 7) is 16.9. The molecule has 0 atom stereocenters. The molecule has 0 aromatic heterocycles. The molecule has 242 valence electrons. The van der Waals surface area contributed by atoms with E-state index in [9.17, 15) is 10.2 Å². The lowest BCUT2D eigenvalue weighted by Gasteiger charge is -2.21. The Morgan fingerprint density at radius 2 is 0.875 bits per heavy atom. The number of aryl methyl sites for hydroxylation is 2. The van der Waals surface area contributed by atoms with Gasteiger partial charge < -0.3 is 10.2 Å². The maximum atomic E-state index is 11.1. The molecule has 0 radical (unpaired) electrons. The maximum absolute atomic E-state index is 11.1. The lowest BCUT2D eigenvalue weighted by molar-refractivity contribution is 0.468. The molecule has 6 rings (SSSR count). The van der Waals surface area contributed by atoms with Crippen molar-refractivity contribution in [3.05, 3.63) is 130 Å². The first kappa shape index (κ1) is 32.7. The van der Waals surface area contributed by atoms with E-state index in [1.165, 1.54) is 0 Å². The van der Waals surface area contributed by atoms with Crippen LogP contribution in [0.2, 0.25) is 0 Å². The minimum absolute atomic E-state index is 0.0790. The van der Waals surface area contributed by atoms with Crippen molar-refractivity contribution in [2.24, 2.45) is 9.98 Å². The second-order valence-electron chi connectivity index (χ2n) is 14.8. The Balaban J connectivity index is 1.60. The molecule has 0 heterocycles. The average Bonchev–Trinajstić information content (AvgIpc) is 3.04. The molecule has 4 nitrogen and oxygen atoms in total. The summed E-state index contributed by atoms with van der Waals surface area (Å²) in [4.78, 5) is 10.2. The maximum Gasteiger partial charge on any atom is 0.127 e. The quantitative estimate of drug-likeness (QED) is 0.186. The summed E-state index contributed by atoms with van der Waals surface area (Å²) in [7, 11) is 0. The molecule has 4 heteroatoms. The summed E-state index contributed by atoms with van der Waals surface area (Å²) in [6.07, 6.45) is 3.55. The third-order valence-electron chi connectivity index (χ3n) is 9.14. The van der Waals surface area contributed by atoms with E-state index >= 15 is 0 Å². The molecule has 0 saturated carbocycles. The number of phenolic OH excluding ortho intramolecular Hbond substituents is 2. The Bertz CT molecular complexity index is 2080. The fraction of sp³-hybridized carbons (Fsp3) is 0.227. The first-order valence-electron chi connectivity index (χ1n) is 16.5. The minimum atomic E-state index is -0.0790. The molecular formula is C44H44N2O2. The molecule has 0 spiro atoms. The smallest absolute Gasteiger partial charge is 0.127 e. The summed E-state index contributed by atoms with van der Waals surface area (Å²) in [5.41, 5.74) is 8.58. The molecule has 0 fully saturated rings. The van der Waals surface area contributed by atoms with Gasteiger partial charge in [0.15, 0.2) is 0 Å². The van der Waals surface area contributed by atoms with Gasteiger partial charge in [-0.3, -0.25) is 9.98 Å². The number of hydrogen-bond acceptors (Lipinski definition) is 4. The van der Waals surface area contributed by atoms with Gasteiger partial charge >= 0.3 is 0 Å². The minimum Gasteiger partial charge on any atom is -0.507 e. The zero-order valence-electron chi connectivity index (χ0n) is 29.2. The second kappa shape index (κ2) is 12.4. The van der Waals surface area contributed by atoms with E-state index in [0.29, 0.717) is 11.1 Å². The van der Waals surface area contributed by atoms with Crippen molar-refractivity contribution in [2.45, 2.75) is 66.2 Å². The van der Waals surface area contributed by atoms with Crippen molar-refractivity contribution in [1.29, 1.82) is 0 Å². The highest BCUT2D eigenvalue weighted by Crippen LogP contribution is 2.46. The highest BCUT2D eigenvalue weighted by Gasteiger charge is 2.20. The molecule has 0 aliphatic heterocycles. The van der Waals surface area contributed by atoms with E-state index < -0.39 is 0 Å². The van der Waals surface area contributed by atoms with E-state index in [1.54, 1.807) is 12.4 Å². The third-order valence-corrected chi connectivity index (χ3v) is 9.14. The van der Waals surface area contributed by atoms with Gasteiger partial charge in [-0.05, 0) is 92.7 Å². The highest BCUT2D eigenvalue weighted by molar-refractivity contribution is 6.13. The van der Waals surface area contributed by atoms with Gasteiger partial charge in [0.2, 0.25) is 0 Å². The van der Waals surface area contributed by atoms with Crippen LogP contribution in [0.5, 0.6) is 11.5 Å². The van der Waals surface area contributed by atoms with Crippen molar-refractivity contribution in [1.82, 2.24) is 0 Å². The third kappa shape index (κ3) is 6.35. The number of phenols is 2. The van der Waals surface area contributed by atoms with Gasteiger partial charge in [0.1, 0.15) is 11.5 Å². The SMILES string of the molecule is Cc1cc(C(C)(C)C)cc(/C=N/c2ccc3ccccc3c2-c2c(/N=C/c3cc(C(C)(C)C)cc(C)c3O)ccc3ccccc23)c1O. The van der Waals surface area contributed by atoms with E-state index in [4.69, 9.17) is 9.98 Å². The van der Waals surface area contributed by atoms with E-state index in [-0.39, 0.29) is 22.3 Å². The monoisotopic (exact) mass is 632 g/mol. The van der Waals surface area contributed by atoms with Crippen LogP contribution in [0.4, 0.5) is 11.4 Å². The number of aromatic hydroxyl groups is 2. The molecule has 0 saturated heterocycles. The Labute approximate surface area is 284 Å². The summed E-state index contributed by atoms with van der Waals surface area (Å²) >= 11 is 0. The average molecular weight is 633 g/mol. The first-order valence-corrected chi connectivity index (χ1v) is 16.5. The van der Waals surface area contributed by atoms with Crippen LogP contribution in [-0.2, 0) is 10.8 Å². The van der Waals surface area contributed by atoms with E-state index in [2.05, 4.69) is 77.9 Å². The van der Waals surface area contributed by atoms with Crippen LogP contribution in [0.15, 0.2) is 107 Å². The van der Waals surface area contributed by atoms with E-state index in [1.807, 2.05) is 74.5 Å². The van der Waals surface area contributed by atoms with Crippen molar-refractivity contribution < 1.29 is 10.2 Å². The van der Waals surface area contributed by atoms with Gasteiger partial charge in [-0.15, -0.1) is 0 Å². The van der Waals surface area contributed by atoms with Gasteiger partial charge in [0, 0.05) is 34.7 Å². The second-order valence-corrected chi connectivity index (χ2v) is 14.8. The standard InChI is InChI=1S/C44H44N2O2/c1-27-21-33(43(3,4)5)23-31(41(27)47)25-45-37-19-17-29-13-9-11-15-35(29)39(37)40-36-16-12-10-14-30(36)18-20-38(40)46-26-32-24-34(44(6,7)8)22-28(2)42(32)48/h9-26,47-48H,1-8H3/b45-25+,46-26+. The zero-order chi connectivity index (χ0) is 34.4. The van der Waals surface area contributed by atoms with Gasteiger partial charge in [-0.2, -0.15) is 0 Å². The van der Waals surface area contributed by atoms with Crippen molar-refractivity contribution in [3.8, 4) is 22.6 Å². The number of hydrogen-bond donors (Lipinski definition) is 2. The van der Waals surface area contributed by atoms with Crippen molar-refractivity contribution >= 4 is 45.3 Å². The summed E-state index contributed by atoms with van der Waals surface area (Å²) in [6, 6.07) is 33.1. The molecule has 0 amide bonds. The molecule has 0 aliphatic rings. The summed E-state index contributed by atoms with van der Waals surface area (Å²) in [5.74, 6) is 0.467. The molecular weight excluding hydrogens is 588 g/mol. The van der Waals surface area contributed by atoms with Gasteiger partial charge in [-0.1, -0.05) is 114 Å². The van der Waals surface area contributed by atoms with Crippen LogP contribution in [0, 0.1) is 13.8 Å². The number of nitrogens with zero attached hydrogens (tertiary/aromatic N) is 2. The Morgan fingerprint density at radius 1 is 0.500 bits per heavy atom. The molecule has 0 aliphatic carbocycles. The van der Waals surface area contributed by atoms with Crippen LogP contribution >= 0.6 is 0 Å². The predicted molar refractivity (Wildman–Crippen MR) is 204 cm³/mol. The Morgan fingerprint density at radius 3 is 1.25 bits per heavy atom. The highest BCUT2D eigenvalue weighted by atomic mass is 16.3. The van der Waals surface area contributed by atoms with Gasteiger partial charge in [-0.25, -0.2) is 0 Å². The molecule has 0 unspecified atom stereocenters. The lowest BCUT2D eigenvalue weighted by Crippen LogP contribution is -2.12. The van der Waals surface area contributed by atoms with Crippen LogP contribution in [0.3, 0.4) is 0 Å². The number of benzene rings is 6. The lowest BCUT2D eigenvalue weighted by atomic mass is 9.85. The molecule has 0 bridgehead atoms. The Kier molecular flexibility index (Phi) is 8.47. The number of fused-ring (bicyclic) bond motifs is 2. The summed E-state index contributed by atoms with van der Waals surface area (Å²) < 4.78 is 0. The number of aliphatic imine (C=N–C) groups is 2. The van der Waals surface area contributed by atoms with Crippen molar-refractivity contribution in [3.63, 3.8) is 0 Å². The fourth-order valence-corrected chi connectivity index (χ4v) is 6.22. The van der Waals surface area contributed by atoms with E-state index in [0.717, 1.165) is 66.3 Å². The molecule has 2 N–H and O–H groups in total. The molecule has 48 heavy (non-hydrogen) atoms. The van der Waals surface area contributed by atoms with Crippen LogP contribution in [0.25, 0.3) is 32.7 Å². The topological polar surface area (TPSA) is 65.2 Å². The van der Waals surface area contributed by atoms with Gasteiger partial charge in [0.25, 0.3) is 0 Å². The number of rotatable bonds is 5. The van der Waals surface area contributed by atoms with Crippen LogP contribution < -0.4 is 0 Å². The fourth-order valence-electron chi connectivity index (χ4n) is 6.22. The normalized spacial score (nSPS) is 12.6. The predicted octanol–water partition coefficient (Wildman–Crippen LogP) is 11.8. The van der Waals surface area contributed by atoms with Crippen LogP contribution in [-0.4, -0.2) is 22.6 Å². The van der Waals surface area contributed by atoms with Crippen LogP contribution in [0.1, 0.15) is 74.9 Å². The molecule has 6 aromatic carbocycles. The molecule has 6 aromatic rings.